The second-order valence-electron chi connectivity index (χ2n) is 7.79. The molecule has 2 saturated heterocycles. The molecule has 3 fully saturated rings. The molecule has 2 aliphatic heterocycles. The lowest BCUT2D eigenvalue weighted by Crippen LogP contribution is -2.65. The molecule has 138 valence electrons. The van der Waals surface area contributed by atoms with E-state index in [1.807, 2.05) is 19.1 Å². The first-order valence-corrected chi connectivity index (χ1v) is 10.7. The van der Waals surface area contributed by atoms with Gasteiger partial charge in [0.25, 0.3) is 0 Å². The van der Waals surface area contributed by atoms with Crippen LogP contribution in [0.2, 0.25) is 0 Å². The van der Waals surface area contributed by atoms with Gasteiger partial charge < -0.3 is 9.47 Å². The topological polar surface area (TPSA) is 55.8 Å². The van der Waals surface area contributed by atoms with Gasteiger partial charge in [0.15, 0.2) is 0 Å². The molecule has 6 heteroatoms. The van der Waals surface area contributed by atoms with E-state index >= 15 is 0 Å². The third kappa shape index (κ3) is 3.50. The maximum Gasteiger partial charge on any atom is 0.243 e. The van der Waals surface area contributed by atoms with E-state index in [1.165, 1.54) is 12.8 Å². The molecule has 0 aromatic heterocycles. The molecule has 1 spiro atoms. The summed E-state index contributed by atoms with van der Waals surface area (Å²) in [7, 11) is -3.41. The Bertz CT molecular complexity index is 705. The van der Waals surface area contributed by atoms with Gasteiger partial charge in [-0.05, 0) is 56.6 Å². The molecule has 25 heavy (non-hydrogen) atoms. The van der Waals surface area contributed by atoms with Gasteiger partial charge in [0.05, 0.1) is 10.5 Å². The normalized spacial score (nSPS) is 26.0. The van der Waals surface area contributed by atoms with Gasteiger partial charge >= 0.3 is 0 Å². The van der Waals surface area contributed by atoms with Crippen LogP contribution in [0.25, 0.3) is 0 Å². The van der Waals surface area contributed by atoms with Crippen molar-refractivity contribution in [3.63, 3.8) is 0 Å². The highest BCUT2D eigenvalue weighted by Crippen LogP contribution is 2.43. The monoisotopic (exact) mass is 365 g/mol. The van der Waals surface area contributed by atoms with Crippen LogP contribution in [0.3, 0.4) is 0 Å². The van der Waals surface area contributed by atoms with Crippen LogP contribution in [0.5, 0.6) is 0 Å². The first-order valence-electron chi connectivity index (χ1n) is 9.28. The van der Waals surface area contributed by atoms with Crippen molar-refractivity contribution in [3.05, 3.63) is 29.8 Å². The first-order chi connectivity index (χ1) is 12.0. The Hall–Kier alpha value is -0.950. The summed E-state index contributed by atoms with van der Waals surface area (Å²) in [6.07, 6.45) is 4.58. The van der Waals surface area contributed by atoms with Crippen molar-refractivity contribution in [3.8, 4) is 0 Å². The minimum atomic E-state index is -3.41. The second kappa shape index (κ2) is 6.65. The fraction of sp³-hybridized carbons (Fsp3) is 0.684. The number of hydrogen-bond donors (Lipinski definition) is 0. The van der Waals surface area contributed by atoms with Gasteiger partial charge in [0.2, 0.25) is 10.0 Å². The minimum Gasteiger partial charge on any atom is -0.381 e. The number of sulfonamides is 1. The Kier molecular flexibility index (Phi) is 4.65. The lowest BCUT2D eigenvalue weighted by atomic mass is 9.80. The molecule has 2 heterocycles. The highest BCUT2D eigenvalue weighted by atomic mass is 32.2. The number of nitrogens with zero attached hydrogens (tertiary/aromatic N) is 1. The van der Waals surface area contributed by atoms with Crippen molar-refractivity contribution < 1.29 is 17.9 Å². The predicted octanol–water partition coefficient (Wildman–Crippen LogP) is 2.59. The SMILES string of the molecule is Cc1ccc(S(=O)(=O)N2CC3(C2)OCC[C@@H]3CCOCC2CC2)cc1. The van der Waals surface area contributed by atoms with Gasteiger partial charge in [-0.1, -0.05) is 17.7 Å². The third-order valence-corrected chi connectivity index (χ3v) is 7.61. The van der Waals surface area contributed by atoms with Crippen molar-refractivity contribution in [2.75, 3.05) is 32.9 Å². The van der Waals surface area contributed by atoms with Gasteiger partial charge in [-0.25, -0.2) is 8.42 Å². The summed E-state index contributed by atoms with van der Waals surface area (Å²) >= 11 is 0. The largest absolute Gasteiger partial charge is 0.381 e. The van der Waals surface area contributed by atoms with Crippen molar-refractivity contribution in [1.82, 2.24) is 4.31 Å². The Labute approximate surface area is 150 Å². The van der Waals surface area contributed by atoms with E-state index in [4.69, 9.17) is 9.47 Å². The fourth-order valence-corrected chi connectivity index (χ4v) is 5.44. The lowest BCUT2D eigenvalue weighted by molar-refractivity contribution is -0.105. The zero-order valence-electron chi connectivity index (χ0n) is 14.8. The van der Waals surface area contributed by atoms with Crippen LogP contribution in [-0.2, 0) is 19.5 Å². The molecule has 0 unspecified atom stereocenters. The van der Waals surface area contributed by atoms with Gasteiger partial charge in [-0.15, -0.1) is 0 Å². The molecule has 1 saturated carbocycles. The fourth-order valence-electron chi connectivity index (χ4n) is 3.88. The summed E-state index contributed by atoms with van der Waals surface area (Å²) in [6.45, 7) is 5.27. The average Bonchev–Trinajstić information content (AvgIpc) is 3.27. The summed E-state index contributed by atoms with van der Waals surface area (Å²) in [5, 5.41) is 0. The van der Waals surface area contributed by atoms with E-state index in [0.717, 1.165) is 44.1 Å². The molecule has 0 radical (unpaired) electrons. The van der Waals surface area contributed by atoms with E-state index < -0.39 is 10.0 Å². The summed E-state index contributed by atoms with van der Waals surface area (Å²) in [5.41, 5.74) is 0.769. The maximum absolute atomic E-state index is 12.8. The van der Waals surface area contributed by atoms with Crippen molar-refractivity contribution in [2.45, 2.75) is 43.1 Å². The molecule has 1 aromatic rings. The smallest absolute Gasteiger partial charge is 0.243 e. The molecule has 1 aromatic carbocycles. The number of ether oxygens (including phenoxy) is 2. The Balaban J connectivity index is 1.34. The summed E-state index contributed by atoms with van der Waals surface area (Å²) in [5.74, 6) is 1.18. The second-order valence-corrected chi connectivity index (χ2v) is 9.73. The van der Waals surface area contributed by atoms with Crippen molar-refractivity contribution >= 4 is 10.0 Å². The quantitative estimate of drug-likeness (QED) is 0.697. The van der Waals surface area contributed by atoms with Crippen LogP contribution in [-0.4, -0.2) is 51.2 Å². The minimum absolute atomic E-state index is 0.291. The van der Waals surface area contributed by atoms with Gasteiger partial charge in [-0.3, -0.25) is 0 Å². The number of benzene rings is 1. The zero-order valence-corrected chi connectivity index (χ0v) is 15.6. The molecule has 3 aliphatic rings. The highest BCUT2D eigenvalue weighted by Gasteiger charge is 2.56. The molecule has 4 rings (SSSR count). The van der Waals surface area contributed by atoms with Crippen molar-refractivity contribution in [2.24, 2.45) is 11.8 Å². The number of aryl methyl sites for hydroxylation is 1. The third-order valence-electron chi connectivity index (χ3n) is 5.81. The summed E-state index contributed by atoms with van der Waals surface area (Å²) in [6, 6.07) is 7.06. The van der Waals surface area contributed by atoms with Crippen LogP contribution in [0.1, 0.15) is 31.2 Å². The number of hydrogen-bond acceptors (Lipinski definition) is 4. The van der Waals surface area contributed by atoms with E-state index in [9.17, 15) is 8.42 Å². The predicted molar refractivity (Wildman–Crippen MR) is 94.9 cm³/mol. The first kappa shape index (κ1) is 17.5. The van der Waals surface area contributed by atoms with E-state index in [-0.39, 0.29) is 5.60 Å². The highest BCUT2D eigenvalue weighted by molar-refractivity contribution is 7.89. The lowest BCUT2D eigenvalue weighted by Gasteiger charge is -2.49. The Morgan fingerprint density at radius 1 is 1.20 bits per heavy atom. The molecule has 0 amide bonds. The van der Waals surface area contributed by atoms with Gasteiger partial charge in [0.1, 0.15) is 0 Å². The molecule has 1 atom stereocenters. The molecule has 5 nitrogen and oxygen atoms in total. The summed E-state index contributed by atoms with van der Waals surface area (Å²) in [4.78, 5) is 0.371. The number of rotatable bonds is 7. The summed E-state index contributed by atoms with van der Waals surface area (Å²) < 4.78 is 38.8. The van der Waals surface area contributed by atoms with Crippen LogP contribution < -0.4 is 0 Å². The van der Waals surface area contributed by atoms with Crippen LogP contribution in [0.4, 0.5) is 0 Å². The van der Waals surface area contributed by atoms with Gasteiger partial charge in [0, 0.05) is 32.9 Å². The van der Waals surface area contributed by atoms with Crippen LogP contribution in [0.15, 0.2) is 29.2 Å². The molecule has 0 bridgehead atoms. The van der Waals surface area contributed by atoms with Crippen molar-refractivity contribution in [1.29, 1.82) is 0 Å². The standard InChI is InChI=1S/C19H27NO4S/c1-15-2-6-18(7-3-15)25(21,22)20-13-19(14-20)17(9-11-24-19)8-10-23-12-16-4-5-16/h2-3,6-7,16-17H,4-5,8-14H2,1H3/t17-/m0/s1. The molecular weight excluding hydrogens is 338 g/mol. The Morgan fingerprint density at radius 2 is 1.92 bits per heavy atom. The Morgan fingerprint density at radius 3 is 2.60 bits per heavy atom. The molecule has 1 aliphatic carbocycles. The van der Waals surface area contributed by atoms with Crippen LogP contribution in [0, 0.1) is 18.8 Å². The average molecular weight is 365 g/mol. The van der Waals surface area contributed by atoms with E-state index in [2.05, 4.69) is 0 Å². The zero-order chi connectivity index (χ0) is 17.5. The van der Waals surface area contributed by atoms with E-state index in [1.54, 1.807) is 16.4 Å². The molecule has 0 N–H and O–H groups in total. The maximum atomic E-state index is 12.8. The van der Waals surface area contributed by atoms with Crippen LogP contribution >= 0.6 is 0 Å². The van der Waals surface area contributed by atoms with Gasteiger partial charge in [-0.2, -0.15) is 4.31 Å². The van der Waals surface area contributed by atoms with E-state index in [0.29, 0.717) is 23.9 Å². The molecular formula is C19H27NO4S.